The zero-order valence-corrected chi connectivity index (χ0v) is 20.7. The number of carbonyl (C=O) groups excluding carboxylic acids is 1. The van der Waals surface area contributed by atoms with Crippen molar-refractivity contribution in [2.75, 3.05) is 17.2 Å². The maximum atomic E-state index is 12.7. The zero-order chi connectivity index (χ0) is 20.9. The van der Waals surface area contributed by atoms with E-state index in [1.54, 1.807) is 6.92 Å². The fourth-order valence-corrected chi connectivity index (χ4v) is 8.27. The van der Waals surface area contributed by atoms with Crippen LogP contribution in [0.1, 0.15) is 64.9 Å². The first-order valence-corrected chi connectivity index (χ1v) is 12.9. The molecule has 6 heteroatoms. The second-order valence-corrected chi connectivity index (χ2v) is 11.0. The first-order valence-electron chi connectivity index (χ1n) is 11.9. The van der Waals surface area contributed by atoms with Gasteiger partial charge in [0.25, 0.3) is 0 Å². The highest BCUT2D eigenvalue weighted by atomic mass is 35.5. The van der Waals surface area contributed by atoms with E-state index < -0.39 is 0 Å². The first kappa shape index (κ1) is 23.0. The lowest BCUT2D eigenvalue weighted by molar-refractivity contribution is -0.117. The molecular formula is C25H36ClN3OS. The number of aliphatic imine (C=N–C) groups is 1. The molecule has 1 atom stereocenters. The van der Waals surface area contributed by atoms with E-state index in [9.17, 15) is 4.79 Å². The molecule has 0 N–H and O–H groups in total. The Morgan fingerprint density at radius 3 is 2.16 bits per heavy atom. The number of rotatable bonds is 5. The molecule has 5 aliphatic rings. The highest BCUT2D eigenvalue weighted by Crippen LogP contribution is 2.57. The molecule has 1 aromatic rings. The number of anilines is 1. The zero-order valence-electron chi connectivity index (χ0n) is 19.0. The Hall–Kier alpha value is -1.20. The minimum absolute atomic E-state index is 0. The van der Waals surface area contributed by atoms with Crippen molar-refractivity contribution in [3.63, 3.8) is 0 Å². The lowest BCUT2D eigenvalue weighted by Crippen LogP contribution is -2.52. The number of hydrogen-bond donors (Lipinski definition) is 0. The summed E-state index contributed by atoms with van der Waals surface area (Å²) in [4.78, 5) is 22.6. The third-order valence-corrected chi connectivity index (χ3v) is 8.96. The molecule has 4 nitrogen and oxygen atoms in total. The quantitative estimate of drug-likeness (QED) is 0.560. The van der Waals surface area contributed by atoms with Crippen LogP contribution < -0.4 is 4.90 Å². The average molecular weight is 462 g/mol. The van der Waals surface area contributed by atoms with Crippen molar-refractivity contribution in [3.8, 4) is 0 Å². The van der Waals surface area contributed by atoms with Crippen molar-refractivity contribution in [2.45, 2.75) is 77.4 Å². The van der Waals surface area contributed by atoms with E-state index >= 15 is 0 Å². The van der Waals surface area contributed by atoms with E-state index in [0.717, 1.165) is 42.2 Å². The van der Waals surface area contributed by atoms with E-state index in [1.165, 1.54) is 49.3 Å². The van der Waals surface area contributed by atoms with Gasteiger partial charge >= 0.3 is 0 Å². The Morgan fingerprint density at radius 1 is 1.10 bits per heavy atom. The van der Waals surface area contributed by atoms with Crippen LogP contribution >= 0.6 is 24.2 Å². The molecule has 1 aliphatic heterocycles. The molecule has 1 unspecified atom stereocenters. The minimum atomic E-state index is 0. The van der Waals surface area contributed by atoms with Gasteiger partial charge in [-0.05, 0) is 87.3 Å². The number of carbonyl (C=O) groups is 1. The van der Waals surface area contributed by atoms with Crippen LogP contribution in [0.2, 0.25) is 0 Å². The predicted molar refractivity (Wildman–Crippen MR) is 133 cm³/mol. The Kier molecular flexibility index (Phi) is 6.65. The second kappa shape index (κ2) is 8.97. The summed E-state index contributed by atoms with van der Waals surface area (Å²) in [6.07, 6.45) is 9.29. The smallest absolute Gasteiger partial charge is 0.225 e. The molecule has 5 fully saturated rings. The Bertz CT molecular complexity index is 804. The number of thioether (sulfide) groups is 1. The molecule has 0 spiro atoms. The molecule has 4 aliphatic carbocycles. The summed E-state index contributed by atoms with van der Waals surface area (Å²) < 4.78 is 0. The molecule has 4 saturated carbocycles. The molecule has 0 aromatic heterocycles. The van der Waals surface area contributed by atoms with Crippen LogP contribution in [0.4, 0.5) is 5.69 Å². The third kappa shape index (κ3) is 4.25. The average Bonchev–Trinajstić information content (AvgIpc) is 3.08. The van der Waals surface area contributed by atoms with E-state index in [1.807, 2.05) is 16.7 Å². The van der Waals surface area contributed by atoms with Gasteiger partial charge in [0.1, 0.15) is 6.17 Å². The van der Waals surface area contributed by atoms with Gasteiger partial charge in [0.2, 0.25) is 5.91 Å². The number of hydrogen-bond acceptors (Lipinski definition) is 3. The van der Waals surface area contributed by atoms with Crippen LogP contribution in [0.3, 0.4) is 0 Å². The summed E-state index contributed by atoms with van der Waals surface area (Å²) in [5.74, 6) is 3.73. The topological polar surface area (TPSA) is 35.9 Å². The highest BCUT2D eigenvalue weighted by molar-refractivity contribution is 8.14. The Morgan fingerprint density at radius 2 is 1.68 bits per heavy atom. The number of amidine groups is 1. The fourth-order valence-electron chi connectivity index (χ4n) is 6.97. The van der Waals surface area contributed by atoms with Gasteiger partial charge in [-0.3, -0.25) is 14.7 Å². The summed E-state index contributed by atoms with van der Waals surface area (Å²) >= 11 is 1.86. The van der Waals surface area contributed by atoms with Crippen LogP contribution in [0, 0.1) is 17.8 Å². The largest absolute Gasteiger partial charge is 0.330 e. The van der Waals surface area contributed by atoms with Crippen molar-refractivity contribution >= 4 is 40.9 Å². The molecule has 1 heterocycles. The van der Waals surface area contributed by atoms with Gasteiger partial charge in [0, 0.05) is 24.9 Å². The summed E-state index contributed by atoms with van der Waals surface area (Å²) in [5.41, 5.74) is 2.49. The van der Waals surface area contributed by atoms with Crippen molar-refractivity contribution in [2.24, 2.45) is 22.7 Å². The Labute approximate surface area is 197 Å². The summed E-state index contributed by atoms with van der Waals surface area (Å²) in [6, 6.07) is 8.50. The Balaban J connectivity index is 0.00000231. The maximum absolute atomic E-state index is 12.7. The van der Waals surface area contributed by atoms with Crippen LogP contribution in [0.15, 0.2) is 29.3 Å². The number of aryl methyl sites for hydroxylation is 1. The monoisotopic (exact) mass is 461 g/mol. The van der Waals surface area contributed by atoms with Gasteiger partial charge in [-0.25, -0.2) is 0 Å². The molecule has 4 bridgehead atoms. The molecule has 170 valence electrons. The summed E-state index contributed by atoms with van der Waals surface area (Å²) in [7, 11) is 0. The van der Waals surface area contributed by atoms with Gasteiger partial charge in [-0.15, -0.1) is 12.4 Å². The van der Waals surface area contributed by atoms with Gasteiger partial charge in [0.15, 0.2) is 5.17 Å². The maximum Gasteiger partial charge on any atom is 0.225 e. The standard InChI is InChI=1S/C25H35N3OS.ClH/c1-4-18-6-8-22(9-7-18)28(17(3)29)23-16-30-24(27(23)5-2)26-25-13-19-10-20(14-25)12-21(11-19)15-25;/h6-9,19-21,23H,4-5,10-16H2,1-3H3;1H. The van der Waals surface area contributed by atoms with Crippen molar-refractivity contribution in [1.82, 2.24) is 4.90 Å². The van der Waals surface area contributed by atoms with Crippen LogP contribution in [-0.2, 0) is 11.2 Å². The summed E-state index contributed by atoms with van der Waals surface area (Å²) in [6.45, 7) is 6.95. The lowest BCUT2D eigenvalue weighted by atomic mass is 9.53. The van der Waals surface area contributed by atoms with E-state index in [4.69, 9.17) is 4.99 Å². The summed E-state index contributed by atoms with van der Waals surface area (Å²) in [5, 5.41) is 1.18. The molecular weight excluding hydrogens is 426 g/mol. The predicted octanol–water partition coefficient (Wildman–Crippen LogP) is 5.74. The van der Waals surface area contributed by atoms with Crippen molar-refractivity contribution in [3.05, 3.63) is 29.8 Å². The minimum Gasteiger partial charge on any atom is -0.330 e. The number of nitrogens with zero attached hydrogens (tertiary/aromatic N) is 3. The molecule has 1 amide bonds. The van der Waals surface area contributed by atoms with Crippen LogP contribution in [-0.4, -0.2) is 40.0 Å². The van der Waals surface area contributed by atoms with Crippen molar-refractivity contribution in [1.29, 1.82) is 0 Å². The van der Waals surface area contributed by atoms with E-state index in [2.05, 4.69) is 43.0 Å². The van der Waals surface area contributed by atoms with E-state index in [-0.39, 0.29) is 30.0 Å². The van der Waals surface area contributed by atoms with Gasteiger partial charge in [-0.2, -0.15) is 0 Å². The van der Waals surface area contributed by atoms with Crippen LogP contribution in [0.25, 0.3) is 0 Å². The number of halogens is 1. The van der Waals surface area contributed by atoms with Gasteiger partial charge in [-0.1, -0.05) is 30.8 Å². The third-order valence-electron chi connectivity index (χ3n) is 7.91. The molecule has 0 radical (unpaired) electrons. The molecule has 6 rings (SSSR count). The van der Waals surface area contributed by atoms with Crippen molar-refractivity contribution < 1.29 is 4.79 Å². The van der Waals surface area contributed by atoms with Crippen LogP contribution in [0.5, 0.6) is 0 Å². The fraction of sp³-hybridized carbons (Fsp3) is 0.680. The molecule has 1 saturated heterocycles. The number of benzene rings is 1. The number of amides is 1. The first-order chi connectivity index (χ1) is 14.5. The second-order valence-electron chi connectivity index (χ2n) is 10.0. The normalized spacial score (nSPS) is 34.8. The highest BCUT2D eigenvalue weighted by Gasteiger charge is 2.52. The van der Waals surface area contributed by atoms with Gasteiger partial charge < -0.3 is 4.90 Å². The SMILES string of the molecule is CCc1ccc(N(C(C)=O)C2CSC(=NC34CC5CC(CC(C5)C3)C4)N2CC)cc1.Cl. The lowest BCUT2D eigenvalue weighted by Gasteiger charge is -2.55. The molecule has 1 aromatic carbocycles. The molecule has 31 heavy (non-hydrogen) atoms. The van der Waals surface area contributed by atoms with E-state index in [0.29, 0.717) is 0 Å². The van der Waals surface area contributed by atoms with Gasteiger partial charge in [0.05, 0.1) is 5.54 Å².